The summed E-state index contributed by atoms with van der Waals surface area (Å²) in [4.78, 5) is 11.2. The molecule has 22 heavy (non-hydrogen) atoms. The number of aryl methyl sites for hydroxylation is 1. The summed E-state index contributed by atoms with van der Waals surface area (Å²) in [6.07, 6.45) is 2.88. The van der Waals surface area contributed by atoms with Gasteiger partial charge < -0.3 is 4.74 Å². The van der Waals surface area contributed by atoms with E-state index >= 15 is 0 Å². The standard InChI is InChI=1S/C15H13Cl3N2O2/c1-9-12(5-6-14(21)22-2)15(18)20(19-9)8-10-3-4-11(16)7-13(10)17/h3-7H,8H2,1-2H3/b6-5+. The molecule has 0 saturated heterocycles. The molecule has 0 fully saturated rings. The number of carbonyl (C=O) groups excluding carboxylic acids is 1. The van der Waals surface area contributed by atoms with Crippen molar-refractivity contribution in [1.29, 1.82) is 0 Å². The summed E-state index contributed by atoms with van der Waals surface area (Å²) in [5.74, 6) is -0.455. The first-order valence-electron chi connectivity index (χ1n) is 6.35. The number of hydrogen-bond donors (Lipinski definition) is 0. The molecule has 0 saturated carbocycles. The van der Waals surface area contributed by atoms with Gasteiger partial charge in [-0.3, -0.25) is 0 Å². The van der Waals surface area contributed by atoms with Crippen molar-refractivity contribution in [3.63, 3.8) is 0 Å². The van der Waals surface area contributed by atoms with Crippen molar-refractivity contribution in [2.24, 2.45) is 0 Å². The van der Waals surface area contributed by atoms with Crippen molar-refractivity contribution in [3.8, 4) is 0 Å². The van der Waals surface area contributed by atoms with Crippen LogP contribution in [0, 0.1) is 6.92 Å². The van der Waals surface area contributed by atoms with E-state index in [0.717, 1.165) is 5.56 Å². The molecule has 0 unspecified atom stereocenters. The molecule has 1 aromatic heterocycles. The Hall–Kier alpha value is -1.49. The van der Waals surface area contributed by atoms with Gasteiger partial charge in [0.05, 0.1) is 19.3 Å². The Morgan fingerprint density at radius 2 is 2.09 bits per heavy atom. The first kappa shape index (κ1) is 16.9. The molecular formula is C15H13Cl3N2O2. The van der Waals surface area contributed by atoms with Crippen molar-refractivity contribution in [2.75, 3.05) is 7.11 Å². The molecule has 116 valence electrons. The number of nitrogens with zero attached hydrogens (tertiary/aromatic N) is 2. The van der Waals surface area contributed by atoms with Gasteiger partial charge in [0.15, 0.2) is 0 Å². The third kappa shape index (κ3) is 3.83. The summed E-state index contributed by atoms with van der Waals surface area (Å²) in [5, 5.41) is 5.90. The number of carbonyl (C=O) groups is 1. The minimum Gasteiger partial charge on any atom is -0.466 e. The van der Waals surface area contributed by atoms with Gasteiger partial charge in [0.2, 0.25) is 0 Å². The van der Waals surface area contributed by atoms with Gasteiger partial charge in [0.1, 0.15) is 5.15 Å². The number of aromatic nitrogens is 2. The van der Waals surface area contributed by atoms with Crippen LogP contribution in [0.15, 0.2) is 24.3 Å². The van der Waals surface area contributed by atoms with Gasteiger partial charge in [0, 0.05) is 21.7 Å². The molecule has 4 nitrogen and oxygen atoms in total. The maximum atomic E-state index is 11.2. The lowest BCUT2D eigenvalue weighted by atomic mass is 10.2. The second-order valence-electron chi connectivity index (χ2n) is 4.54. The second-order valence-corrected chi connectivity index (χ2v) is 5.74. The Morgan fingerprint density at radius 1 is 1.36 bits per heavy atom. The van der Waals surface area contributed by atoms with Crippen molar-refractivity contribution >= 4 is 46.8 Å². The molecule has 2 aromatic rings. The Morgan fingerprint density at radius 3 is 2.73 bits per heavy atom. The highest BCUT2D eigenvalue weighted by molar-refractivity contribution is 6.35. The SMILES string of the molecule is COC(=O)/C=C/c1c(C)nn(Cc2ccc(Cl)cc2Cl)c1Cl. The zero-order valence-corrected chi connectivity index (χ0v) is 14.2. The maximum Gasteiger partial charge on any atom is 0.330 e. The zero-order valence-electron chi connectivity index (χ0n) is 11.9. The molecular weight excluding hydrogens is 347 g/mol. The van der Waals surface area contributed by atoms with Crippen molar-refractivity contribution < 1.29 is 9.53 Å². The van der Waals surface area contributed by atoms with Gasteiger partial charge in [-0.15, -0.1) is 0 Å². The summed E-state index contributed by atoms with van der Waals surface area (Å²) in [5.41, 5.74) is 2.21. The topological polar surface area (TPSA) is 44.1 Å². The number of esters is 1. The van der Waals surface area contributed by atoms with Crippen LogP contribution in [0.4, 0.5) is 0 Å². The molecule has 0 aliphatic heterocycles. The number of benzene rings is 1. The van der Waals surface area contributed by atoms with E-state index in [1.165, 1.54) is 13.2 Å². The second kappa shape index (κ2) is 7.18. The molecule has 0 aliphatic rings. The van der Waals surface area contributed by atoms with Crippen LogP contribution in [0.2, 0.25) is 15.2 Å². The number of hydrogen-bond acceptors (Lipinski definition) is 3. The Bertz CT molecular complexity index is 739. The van der Waals surface area contributed by atoms with Crippen LogP contribution in [0.25, 0.3) is 6.08 Å². The summed E-state index contributed by atoms with van der Waals surface area (Å²) in [6.45, 7) is 2.21. The Kier molecular flexibility index (Phi) is 5.51. The van der Waals surface area contributed by atoms with Gasteiger partial charge in [-0.05, 0) is 30.7 Å². The van der Waals surface area contributed by atoms with Crippen LogP contribution in [0.3, 0.4) is 0 Å². The molecule has 1 aromatic carbocycles. The van der Waals surface area contributed by atoms with Crippen LogP contribution >= 0.6 is 34.8 Å². The van der Waals surface area contributed by atoms with Crippen molar-refractivity contribution in [1.82, 2.24) is 9.78 Å². The summed E-state index contributed by atoms with van der Waals surface area (Å²) in [6, 6.07) is 5.24. The first-order valence-corrected chi connectivity index (χ1v) is 7.48. The maximum absolute atomic E-state index is 11.2. The fraction of sp³-hybridized carbons (Fsp3) is 0.200. The third-order valence-corrected chi connectivity index (χ3v) is 4.02. The summed E-state index contributed by atoms with van der Waals surface area (Å²) < 4.78 is 6.17. The smallest absolute Gasteiger partial charge is 0.330 e. The molecule has 0 radical (unpaired) electrons. The van der Waals surface area contributed by atoms with Crippen LogP contribution in [-0.4, -0.2) is 22.9 Å². The third-order valence-electron chi connectivity index (χ3n) is 3.03. The van der Waals surface area contributed by atoms with E-state index in [9.17, 15) is 4.79 Å². The van der Waals surface area contributed by atoms with E-state index in [4.69, 9.17) is 34.8 Å². The minimum atomic E-state index is -0.455. The molecule has 0 bridgehead atoms. The lowest BCUT2D eigenvalue weighted by Gasteiger charge is -2.06. The van der Waals surface area contributed by atoms with Gasteiger partial charge in [-0.1, -0.05) is 40.9 Å². The van der Waals surface area contributed by atoms with E-state index in [1.54, 1.807) is 22.9 Å². The fourth-order valence-electron chi connectivity index (χ4n) is 1.89. The van der Waals surface area contributed by atoms with Gasteiger partial charge in [-0.25, -0.2) is 9.48 Å². The predicted molar refractivity (Wildman–Crippen MR) is 88.6 cm³/mol. The Labute approximate surface area is 143 Å². The van der Waals surface area contributed by atoms with E-state index in [0.29, 0.717) is 33.0 Å². The van der Waals surface area contributed by atoms with E-state index in [2.05, 4.69) is 9.84 Å². The summed E-state index contributed by atoms with van der Waals surface area (Å²) >= 11 is 18.4. The van der Waals surface area contributed by atoms with E-state index in [1.807, 2.05) is 13.0 Å². The number of rotatable bonds is 4. The average molecular weight is 360 g/mol. The highest BCUT2D eigenvalue weighted by Gasteiger charge is 2.13. The molecule has 0 atom stereocenters. The predicted octanol–water partition coefficient (Wildman–Crippen LogP) is 4.39. The number of halogens is 3. The van der Waals surface area contributed by atoms with E-state index in [-0.39, 0.29) is 0 Å². The molecule has 1 heterocycles. The molecule has 2 rings (SSSR count). The lowest BCUT2D eigenvalue weighted by Crippen LogP contribution is -2.02. The van der Waals surface area contributed by atoms with Gasteiger partial charge in [-0.2, -0.15) is 5.10 Å². The quantitative estimate of drug-likeness (QED) is 0.601. The molecule has 0 spiro atoms. The highest BCUT2D eigenvalue weighted by atomic mass is 35.5. The number of methoxy groups -OCH3 is 1. The van der Waals surface area contributed by atoms with Crippen LogP contribution in [0.1, 0.15) is 16.8 Å². The molecule has 7 heteroatoms. The minimum absolute atomic E-state index is 0.405. The van der Waals surface area contributed by atoms with Crippen LogP contribution < -0.4 is 0 Å². The highest BCUT2D eigenvalue weighted by Crippen LogP contribution is 2.26. The Balaban J connectivity index is 2.30. The lowest BCUT2D eigenvalue weighted by molar-refractivity contribution is -0.134. The molecule has 0 N–H and O–H groups in total. The average Bonchev–Trinajstić information content (AvgIpc) is 2.74. The molecule has 0 amide bonds. The van der Waals surface area contributed by atoms with Crippen molar-refractivity contribution in [3.05, 3.63) is 56.3 Å². The molecule has 0 aliphatic carbocycles. The van der Waals surface area contributed by atoms with Gasteiger partial charge in [0.25, 0.3) is 0 Å². The number of ether oxygens (including phenoxy) is 1. The van der Waals surface area contributed by atoms with Gasteiger partial charge >= 0.3 is 5.97 Å². The normalized spacial score (nSPS) is 11.1. The largest absolute Gasteiger partial charge is 0.466 e. The van der Waals surface area contributed by atoms with Crippen molar-refractivity contribution in [2.45, 2.75) is 13.5 Å². The summed E-state index contributed by atoms with van der Waals surface area (Å²) in [7, 11) is 1.31. The monoisotopic (exact) mass is 358 g/mol. The van der Waals surface area contributed by atoms with Crippen LogP contribution in [-0.2, 0) is 16.1 Å². The fourth-order valence-corrected chi connectivity index (χ4v) is 2.66. The van der Waals surface area contributed by atoms with Crippen LogP contribution in [0.5, 0.6) is 0 Å². The first-order chi connectivity index (χ1) is 10.4. The van der Waals surface area contributed by atoms with E-state index < -0.39 is 5.97 Å². The zero-order chi connectivity index (χ0) is 16.3.